The predicted molar refractivity (Wildman–Crippen MR) is 144 cm³/mol. The summed E-state index contributed by atoms with van der Waals surface area (Å²) >= 11 is 0. The molecule has 1 heterocycles. The molecule has 1 aromatic heterocycles. The van der Waals surface area contributed by atoms with Crippen molar-refractivity contribution in [3.8, 4) is 0 Å². The third-order valence-electron chi connectivity index (χ3n) is 12.6. The number of nitrogens with zero attached hydrogens (tertiary/aromatic N) is 3. The van der Waals surface area contributed by atoms with E-state index in [2.05, 4.69) is 31.1 Å². The monoisotopic (exact) mass is 525 g/mol. The van der Waals surface area contributed by atoms with Crippen molar-refractivity contribution in [2.45, 2.75) is 97.6 Å². The first kappa shape index (κ1) is 26.4. The lowest BCUT2D eigenvalue weighted by Gasteiger charge is -2.71. The Morgan fingerprint density at radius 3 is 2.63 bits per heavy atom. The molecule has 4 fully saturated rings. The van der Waals surface area contributed by atoms with Gasteiger partial charge in [0.25, 0.3) is 0 Å². The average Bonchev–Trinajstić information content (AvgIpc) is 3.41. The van der Waals surface area contributed by atoms with Crippen LogP contribution in [0.25, 0.3) is 11.0 Å². The number of carbonyl (C=O) groups excluding carboxylic acids is 1. The Morgan fingerprint density at radius 1 is 1.08 bits per heavy atom. The number of methoxy groups -OCH3 is 1. The topological polar surface area (TPSA) is 77.2 Å². The van der Waals surface area contributed by atoms with E-state index < -0.39 is 11.4 Å². The summed E-state index contributed by atoms with van der Waals surface area (Å²) in [4.78, 5) is 13.8. The second-order valence-electron chi connectivity index (χ2n) is 14.4. The van der Waals surface area contributed by atoms with Crippen molar-refractivity contribution in [1.29, 1.82) is 0 Å². The minimum absolute atomic E-state index is 0.0105. The van der Waals surface area contributed by atoms with Crippen LogP contribution in [-0.2, 0) is 16.1 Å². The largest absolute Gasteiger partial charge is 0.390 e. The molecular formula is C31H44FN3O3. The summed E-state index contributed by atoms with van der Waals surface area (Å²) in [7, 11) is 1.84. The number of hydrogen-bond acceptors (Lipinski definition) is 5. The van der Waals surface area contributed by atoms with Crippen LogP contribution in [0.3, 0.4) is 0 Å². The number of ether oxygens (including phenoxy) is 1. The van der Waals surface area contributed by atoms with E-state index in [1.54, 1.807) is 16.8 Å². The summed E-state index contributed by atoms with van der Waals surface area (Å²) in [5.41, 5.74) is 0.352. The van der Waals surface area contributed by atoms with Crippen LogP contribution in [0.1, 0.15) is 85.5 Å². The molecule has 1 N–H and O–H groups in total. The second kappa shape index (κ2) is 8.57. The van der Waals surface area contributed by atoms with Gasteiger partial charge in [-0.1, -0.05) is 32.1 Å². The SMILES string of the molecule is COC[C@]12CC[C@@](C)(O)C[C@]1(C)CC[C@H]1[C@@H]3CC[C@H](C(=O)Cn4nnc5c(F)cccc54)[C@@]3(C)CC[C@@]12C. The molecule has 0 saturated heterocycles. The van der Waals surface area contributed by atoms with E-state index in [9.17, 15) is 14.3 Å². The smallest absolute Gasteiger partial charge is 0.157 e. The second-order valence-corrected chi connectivity index (χ2v) is 14.4. The molecule has 0 amide bonds. The molecule has 4 aliphatic carbocycles. The minimum atomic E-state index is -0.613. The Kier molecular flexibility index (Phi) is 5.94. The number of hydrogen-bond donors (Lipinski definition) is 1. The van der Waals surface area contributed by atoms with Gasteiger partial charge in [-0.3, -0.25) is 4.79 Å². The first-order chi connectivity index (χ1) is 17.9. The molecule has 38 heavy (non-hydrogen) atoms. The van der Waals surface area contributed by atoms with Crippen LogP contribution in [0.5, 0.6) is 0 Å². The van der Waals surface area contributed by atoms with Crippen molar-refractivity contribution in [2.24, 2.45) is 39.4 Å². The molecule has 8 atom stereocenters. The number of ketones is 1. The van der Waals surface area contributed by atoms with Gasteiger partial charge in [0.15, 0.2) is 11.6 Å². The fraction of sp³-hybridized carbons (Fsp3) is 0.774. The fourth-order valence-electron chi connectivity index (χ4n) is 10.7. The van der Waals surface area contributed by atoms with Gasteiger partial charge in [-0.25, -0.2) is 9.07 Å². The van der Waals surface area contributed by atoms with E-state index >= 15 is 0 Å². The molecule has 1 aromatic carbocycles. The molecule has 0 aliphatic heterocycles. The van der Waals surface area contributed by atoms with Crippen LogP contribution in [0, 0.1) is 45.2 Å². The van der Waals surface area contributed by atoms with Gasteiger partial charge in [-0.15, -0.1) is 5.10 Å². The molecule has 6 rings (SSSR count). The first-order valence-corrected chi connectivity index (χ1v) is 14.6. The highest BCUT2D eigenvalue weighted by atomic mass is 19.1. The van der Waals surface area contributed by atoms with E-state index in [1.165, 1.54) is 6.07 Å². The molecule has 0 bridgehead atoms. The zero-order chi connectivity index (χ0) is 27.1. The van der Waals surface area contributed by atoms with Crippen molar-refractivity contribution >= 4 is 16.8 Å². The van der Waals surface area contributed by atoms with Crippen LogP contribution in [-0.4, -0.2) is 45.2 Å². The van der Waals surface area contributed by atoms with Crippen molar-refractivity contribution in [3.63, 3.8) is 0 Å². The van der Waals surface area contributed by atoms with Crippen molar-refractivity contribution in [3.05, 3.63) is 24.0 Å². The third-order valence-corrected chi connectivity index (χ3v) is 12.6. The van der Waals surface area contributed by atoms with E-state index in [0.717, 1.165) is 64.4 Å². The Labute approximate surface area is 225 Å². The number of fused-ring (bicyclic) bond motifs is 6. The van der Waals surface area contributed by atoms with Crippen LogP contribution >= 0.6 is 0 Å². The number of aromatic nitrogens is 3. The van der Waals surface area contributed by atoms with Gasteiger partial charge in [0.1, 0.15) is 12.1 Å². The van der Waals surface area contributed by atoms with E-state index in [4.69, 9.17) is 4.74 Å². The Balaban J connectivity index is 1.29. The number of benzene rings is 1. The van der Waals surface area contributed by atoms with Gasteiger partial charge in [0.05, 0.1) is 17.7 Å². The van der Waals surface area contributed by atoms with Gasteiger partial charge < -0.3 is 9.84 Å². The zero-order valence-corrected chi connectivity index (χ0v) is 23.7. The molecule has 208 valence electrons. The molecule has 4 aliphatic rings. The third kappa shape index (κ3) is 3.46. The van der Waals surface area contributed by atoms with Crippen LogP contribution in [0.15, 0.2) is 18.2 Å². The number of rotatable bonds is 5. The van der Waals surface area contributed by atoms with E-state index in [1.807, 2.05) is 14.0 Å². The highest BCUT2D eigenvalue weighted by Crippen LogP contribution is 2.76. The maximum Gasteiger partial charge on any atom is 0.157 e. The fourth-order valence-corrected chi connectivity index (χ4v) is 10.7. The lowest BCUT2D eigenvalue weighted by Crippen LogP contribution is -2.67. The molecule has 6 nitrogen and oxygen atoms in total. The lowest BCUT2D eigenvalue weighted by molar-refractivity contribution is -0.257. The van der Waals surface area contributed by atoms with E-state index in [0.29, 0.717) is 17.4 Å². The first-order valence-electron chi connectivity index (χ1n) is 14.6. The number of Topliss-reactive ketones (excluding diaryl/α,β-unsaturated/α-hetero) is 1. The molecule has 0 spiro atoms. The van der Waals surface area contributed by atoms with Gasteiger partial charge in [-0.2, -0.15) is 0 Å². The quantitative estimate of drug-likeness (QED) is 0.522. The summed E-state index contributed by atoms with van der Waals surface area (Å²) < 4.78 is 21.8. The molecule has 7 heteroatoms. The Morgan fingerprint density at radius 2 is 1.87 bits per heavy atom. The summed E-state index contributed by atoms with van der Waals surface area (Å²) in [6.45, 7) is 10.2. The van der Waals surface area contributed by atoms with Crippen LogP contribution in [0.2, 0.25) is 0 Å². The number of halogens is 1. The molecule has 0 unspecified atom stereocenters. The molecular weight excluding hydrogens is 481 g/mol. The number of aliphatic hydroxyl groups is 1. The summed E-state index contributed by atoms with van der Waals surface area (Å²) in [5.74, 6) is 0.839. The number of carbonyl (C=O) groups is 1. The normalized spacial score (nSPS) is 44.4. The lowest BCUT2D eigenvalue weighted by atomic mass is 9.33. The minimum Gasteiger partial charge on any atom is -0.390 e. The Bertz CT molecular complexity index is 1260. The standard InChI is InChI=1S/C31H44FN3O3/c1-27-12-11-21-20-9-10-22(25(36)17-35-24-8-6-7-23(32)26(24)33-34-35)29(20,3)14-15-30(21,4)31(27,19-38-5)16-13-28(2,37)18-27/h6-8,20-22,37H,9-19H2,1-5H3/t20-,21-,22+,27-,28+,29-,30-,31+/m0/s1. The van der Waals surface area contributed by atoms with Crippen molar-refractivity contribution in [2.75, 3.05) is 13.7 Å². The maximum absolute atomic E-state index is 14.2. The van der Waals surface area contributed by atoms with Crippen molar-refractivity contribution < 1.29 is 19.0 Å². The summed E-state index contributed by atoms with van der Waals surface area (Å²) in [5, 5.41) is 19.2. The van der Waals surface area contributed by atoms with Crippen LogP contribution in [0.4, 0.5) is 4.39 Å². The molecule has 0 radical (unpaired) electrons. The zero-order valence-electron chi connectivity index (χ0n) is 23.7. The van der Waals surface area contributed by atoms with Gasteiger partial charge in [0, 0.05) is 18.4 Å². The average molecular weight is 526 g/mol. The highest BCUT2D eigenvalue weighted by molar-refractivity contribution is 5.84. The molecule has 2 aromatic rings. The molecule has 4 saturated carbocycles. The van der Waals surface area contributed by atoms with Crippen LogP contribution < -0.4 is 0 Å². The van der Waals surface area contributed by atoms with Gasteiger partial charge >= 0.3 is 0 Å². The predicted octanol–water partition coefficient (Wildman–Crippen LogP) is 5.96. The summed E-state index contributed by atoms with van der Waals surface area (Å²) in [6.07, 6.45) is 9.04. The van der Waals surface area contributed by atoms with Crippen molar-refractivity contribution in [1.82, 2.24) is 15.0 Å². The Hall–Kier alpha value is -1.86. The van der Waals surface area contributed by atoms with Gasteiger partial charge in [-0.05, 0) is 105 Å². The highest BCUT2D eigenvalue weighted by Gasteiger charge is 2.71. The van der Waals surface area contributed by atoms with E-state index in [-0.39, 0.29) is 45.4 Å². The summed E-state index contributed by atoms with van der Waals surface area (Å²) in [6, 6.07) is 4.81. The van der Waals surface area contributed by atoms with Gasteiger partial charge in [0.2, 0.25) is 0 Å². The maximum atomic E-state index is 14.2.